The van der Waals surface area contributed by atoms with Crippen molar-refractivity contribution >= 4 is 0 Å². The fourth-order valence-corrected chi connectivity index (χ4v) is 3.36. The van der Waals surface area contributed by atoms with Gasteiger partial charge in [0.2, 0.25) is 5.88 Å². The average Bonchev–Trinajstić information content (AvgIpc) is 3.06. The molecule has 25 heavy (non-hydrogen) atoms. The molecule has 0 saturated carbocycles. The lowest BCUT2D eigenvalue weighted by Gasteiger charge is -2.33. The molecular formula is C18H25FN4O2. The van der Waals surface area contributed by atoms with Gasteiger partial charge < -0.3 is 14.8 Å². The summed E-state index contributed by atoms with van der Waals surface area (Å²) in [6.07, 6.45) is 5.11. The van der Waals surface area contributed by atoms with Gasteiger partial charge in [-0.15, -0.1) is 0 Å². The van der Waals surface area contributed by atoms with E-state index in [-0.39, 0.29) is 18.0 Å². The second kappa shape index (κ2) is 7.93. The number of hydrogen-bond donors (Lipinski definition) is 1. The number of ether oxygens (including phenoxy) is 2. The Labute approximate surface area is 147 Å². The van der Waals surface area contributed by atoms with Gasteiger partial charge in [0.25, 0.3) is 0 Å². The Kier molecular flexibility index (Phi) is 5.65. The molecule has 3 atom stereocenters. The Balaban J connectivity index is 1.68. The van der Waals surface area contributed by atoms with Gasteiger partial charge in [-0.2, -0.15) is 5.10 Å². The van der Waals surface area contributed by atoms with Crippen molar-refractivity contribution in [3.05, 3.63) is 41.6 Å². The highest BCUT2D eigenvalue weighted by Gasteiger charge is 2.29. The number of halogens is 1. The largest absolute Gasteiger partial charge is 0.481 e. The zero-order valence-corrected chi connectivity index (χ0v) is 14.9. The minimum atomic E-state index is -0.330. The third kappa shape index (κ3) is 3.99. The van der Waals surface area contributed by atoms with Crippen molar-refractivity contribution in [3.8, 4) is 5.88 Å². The van der Waals surface area contributed by atoms with E-state index in [2.05, 4.69) is 15.4 Å². The molecule has 0 radical (unpaired) electrons. The second-order valence-electron chi connectivity index (χ2n) is 6.45. The van der Waals surface area contributed by atoms with Crippen LogP contribution < -0.4 is 10.1 Å². The molecular weight excluding hydrogens is 323 g/mol. The highest BCUT2D eigenvalue weighted by Crippen LogP contribution is 2.33. The Morgan fingerprint density at radius 2 is 2.36 bits per heavy atom. The third-order valence-corrected chi connectivity index (χ3v) is 4.82. The molecule has 1 N–H and O–H groups in total. The van der Waals surface area contributed by atoms with Crippen molar-refractivity contribution in [2.45, 2.75) is 31.9 Å². The van der Waals surface area contributed by atoms with Gasteiger partial charge in [0, 0.05) is 50.0 Å². The number of nitrogens with one attached hydrogen (secondary N) is 1. The molecule has 0 amide bonds. The minimum absolute atomic E-state index is 0.0118. The molecule has 1 aliphatic heterocycles. The third-order valence-electron chi connectivity index (χ3n) is 4.82. The molecule has 136 valence electrons. The summed E-state index contributed by atoms with van der Waals surface area (Å²) in [4.78, 5) is 3.89. The standard InChI is InChI=1S/C18H25FN4O2/c1-12(14-9-17(24-3)21-11-15(14)19)20-10-13-5-4-8-25-18(13)16-6-7-22-23(16)2/h6-7,9,11-13,18,20H,4-5,8,10H2,1-3H3/t12?,13-,18+/m0/s1. The summed E-state index contributed by atoms with van der Waals surface area (Å²) < 4.78 is 27.0. The van der Waals surface area contributed by atoms with Crippen LogP contribution in [-0.4, -0.2) is 35.0 Å². The Bertz CT molecular complexity index is 706. The topological polar surface area (TPSA) is 61.2 Å². The molecule has 1 saturated heterocycles. The van der Waals surface area contributed by atoms with E-state index < -0.39 is 0 Å². The predicted octanol–water partition coefficient (Wildman–Crippen LogP) is 2.78. The smallest absolute Gasteiger partial charge is 0.213 e. The SMILES string of the molecule is COc1cc(C(C)NC[C@@H]2CCCO[C@H]2c2ccnn2C)c(F)cn1. The first-order valence-corrected chi connectivity index (χ1v) is 8.62. The summed E-state index contributed by atoms with van der Waals surface area (Å²) in [6.45, 7) is 3.44. The number of methoxy groups -OCH3 is 1. The zero-order chi connectivity index (χ0) is 17.8. The molecule has 0 spiro atoms. The van der Waals surface area contributed by atoms with Gasteiger partial charge in [0.1, 0.15) is 11.9 Å². The van der Waals surface area contributed by atoms with E-state index in [1.807, 2.05) is 24.7 Å². The first-order valence-electron chi connectivity index (χ1n) is 8.62. The lowest BCUT2D eigenvalue weighted by molar-refractivity contribution is -0.0328. The molecule has 0 aromatic carbocycles. The van der Waals surface area contributed by atoms with Crippen LogP contribution in [0.1, 0.15) is 43.2 Å². The van der Waals surface area contributed by atoms with E-state index >= 15 is 0 Å². The van der Waals surface area contributed by atoms with Crippen LogP contribution >= 0.6 is 0 Å². The van der Waals surface area contributed by atoms with Crippen molar-refractivity contribution in [2.75, 3.05) is 20.3 Å². The van der Waals surface area contributed by atoms with Gasteiger partial charge in [-0.1, -0.05) is 0 Å². The van der Waals surface area contributed by atoms with Gasteiger partial charge in [-0.05, 0) is 25.8 Å². The molecule has 2 aromatic heterocycles. The zero-order valence-electron chi connectivity index (χ0n) is 14.9. The van der Waals surface area contributed by atoms with Gasteiger partial charge in [0.05, 0.1) is 19.0 Å². The summed E-state index contributed by atoms with van der Waals surface area (Å²) >= 11 is 0. The maximum absolute atomic E-state index is 14.1. The maximum atomic E-state index is 14.1. The molecule has 3 rings (SSSR count). The van der Waals surface area contributed by atoms with Gasteiger partial charge in [-0.3, -0.25) is 4.68 Å². The number of nitrogens with zero attached hydrogens (tertiary/aromatic N) is 3. The van der Waals surface area contributed by atoms with Crippen LogP contribution in [0.2, 0.25) is 0 Å². The number of hydrogen-bond acceptors (Lipinski definition) is 5. The second-order valence-corrected chi connectivity index (χ2v) is 6.45. The highest BCUT2D eigenvalue weighted by atomic mass is 19.1. The van der Waals surface area contributed by atoms with E-state index in [1.54, 1.807) is 12.3 Å². The number of pyridine rings is 1. The van der Waals surface area contributed by atoms with Crippen LogP contribution in [0.25, 0.3) is 0 Å². The summed E-state index contributed by atoms with van der Waals surface area (Å²) in [5.74, 6) is 0.404. The van der Waals surface area contributed by atoms with Crippen molar-refractivity contribution < 1.29 is 13.9 Å². The van der Waals surface area contributed by atoms with Crippen LogP contribution in [0.15, 0.2) is 24.5 Å². The first kappa shape index (κ1) is 17.8. The molecule has 1 fully saturated rings. The highest BCUT2D eigenvalue weighted by molar-refractivity contribution is 5.25. The molecule has 6 nitrogen and oxygen atoms in total. The van der Waals surface area contributed by atoms with Crippen LogP contribution in [0.4, 0.5) is 4.39 Å². The van der Waals surface area contributed by atoms with Crippen LogP contribution in [0, 0.1) is 11.7 Å². The van der Waals surface area contributed by atoms with Gasteiger partial charge in [-0.25, -0.2) is 9.37 Å². The average molecular weight is 348 g/mol. The fourth-order valence-electron chi connectivity index (χ4n) is 3.36. The molecule has 1 unspecified atom stereocenters. The Morgan fingerprint density at radius 3 is 3.08 bits per heavy atom. The monoisotopic (exact) mass is 348 g/mol. The van der Waals surface area contributed by atoms with Crippen molar-refractivity contribution in [3.63, 3.8) is 0 Å². The predicted molar refractivity (Wildman–Crippen MR) is 91.8 cm³/mol. The molecule has 3 heterocycles. The molecule has 2 aromatic rings. The summed E-state index contributed by atoms with van der Waals surface area (Å²) in [5.41, 5.74) is 1.64. The minimum Gasteiger partial charge on any atom is -0.481 e. The van der Waals surface area contributed by atoms with Crippen LogP contribution in [-0.2, 0) is 11.8 Å². The van der Waals surface area contributed by atoms with Crippen LogP contribution in [0.5, 0.6) is 5.88 Å². The van der Waals surface area contributed by atoms with E-state index in [0.717, 1.165) is 31.7 Å². The summed E-state index contributed by atoms with van der Waals surface area (Å²) in [5, 5.41) is 7.68. The van der Waals surface area contributed by atoms with Gasteiger partial charge in [0.15, 0.2) is 0 Å². The lowest BCUT2D eigenvalue weighted by atomic mass is 9.91. The Hall–Kier alpha value is -1.99. The number of rotatable bonds is 6. The summed E-state index contributed by atoms with van der Waals surface area (Å²) in [7, 11) is 3.46. The van der Waals surface area contributed by atoms with E-state index in [1.165, 1.54) is 13.3 Å². The normalized spacial score (nSPS) is 21.9. The van der Waals surface area contributed by atoms with Crippen LogP contribution in [0.3, 0.4) is 0 Å². The van der Waals surface area contributed by atoms with Crippen molar-refractivity contribution in [1.82, 2.24) is 20.1 Å². The quantitative estimate of drug-likeness (QED) is 0.870. The van der Waals surface area contributed by atoms with E-state index in [9.17, 15) is 4.39 Å². The summed E-state index contributed by atoms with van der Waals surface area (Å²) in [6, 6.07) is 3.49. The Morgan fingerprint density at radius 1 is 1.52 bits per heavy atom. The lowest BCUT2D eigenvalue weighted by Crippen LogP contribution is -2.34. The maximum Gasteiger partial charge on any atom is 0.213 e. The first-order chi connectivity index (χ1) is 12.1. The van der Waals surface area contributed by atoms with E-state index in [4.69, 9.17) is 9.47 Å². The molecule has 0 bridgehead atoms. The molecule has 1 aliphatic rings. The van der Waals surface area contributed by atoms with Gasteiger partial charge >= 0.3 is 0 Å². The fraction of sp³-hybridized carbons (Fsp3) is 0.556. The van der Waals surface area contributed by atoms with Crippen molar-refractivity contribution in [1.29, 1.82) is 0 Å². The van der Waals surface area contributed by atoms with Crippen molar-refractivity contribution in [2.24, 2.45) is 13.0 Å². The van der Waals surface area contributed by atoms with E-state index in [0.29, 0.717) is 17.4 Å². The number of aromatic nitrogens is 3. The molecule has 7 heteroatoms. The number of aryl methyl sites for hydroxylation is 1. The molecule has 0 aliphatic carbocycles.